The SMILES string of the molecule is N#Cc1cc2c([nH]c1=O)SCc1ncccc1-2. The van der Waals surface area contributed by atoms with Crippen molar-refractivity contribution in [3.05, 3.63) is 46.0 Å². The van der Waals surface area contributed by atoms with Gasteiger partial charge in [-0.25, -0.2) is 0 Å². The van der Waals surface area contributed by atoms with Gasteiger partial charge in [0, 0.05) is 23.1 Å². The van der Waals surface area contributed by atoms with Crippen molar-refractivity contribution in [2.45, 2.75) is 10.8 Å². The number of rotatable bonds is 0. The summed E-state index contributed by atoms with van der Waals surface area (Å²) in [7, 11) is 0. The van der Waals surface area contributed by atoms with Crippen LogP contribution in [0.15, 0.2) is 34.2 Å². The van der Waals surface area contributed by atoms with E-state index in [2.05, 4.69) is 9.97 Å². The lowest BCUT2D eigenvalue weighted by Crippen LogP contribution is -2.13. The number of fused-ring (bicyclic) bond motifs is 3. The smallest absolute Gasteiger partial charge is 0.266 e. The van der Waals surface area contributed by atoms with Gasteiger partial charge in [-0.15, -0.1) is 11.8 Å². The minimum atomic E-state index is -0.328. The third kappa shape index (κ3) is 1.54. The second-order valence-electron chi connectivity index (χ2n) is 3.65. The lowest BCUT2D eigenvalue weighted by Gasteiger charge is -2.17. The monoisotopic (exact) mass is 241 g/mol. The predicted molar refractivity (Wildman–Crippen MR) is 64.6 cm³/mol. The highest BCUT2D eigenvalue weighted by atomic mass is 32.2. The molecule has 2 aromatic heterocycles. The fourth-order valence-corrected chi connectivity index (χ4v) is 2.85. The molecule has 0 saturated heterocycles. The molecule has 0 radical (unpaired) electrons. The van der Waals surface area contributed by atoms with Crippen LogP contribution in [0.2, 0.25) is 0 Å². The maximum absolute atomic E-state index is 11.5. The van der Waals surface area contributed by atoms with Crippen LogP contribution in [0.25, 0.3) is 11.1 Å². The molecular weight excluding hydrogens is 234 g/mol. The van der Waals surface area contributed by atoms with E-state index in [1.54, 1.807) is 12.3 Å². The second-order valence-corrected chi connectivity index (χ2v) is 4.64. The predicted octanol–water partition coefficient (Wildman–Crippen LogP) is 1.91. The van der Waals surface area contributed by atoms with Crippen LogP contribution in [0, 0.1) is 11.3 Å². The Hall–Kier alpha value is -2.06. The van der Waals surface area contributed by atoms with Crippen LogP contribution in [-0.2, 0) is 5.75 Å². The topological polar surface area (TPSA) is 69.5 Å². The van der Waals surface area contributed by atoms with Crippen LogP contribution >= 0.6 is 11.8 Å². The van der Waals surface area contributed by atoms with Crippen LogP contribution in [0.1, 0.15) is 11.3 Å². The number of thioether (sulfide) groups is 1. The van der Waals surface area contributed by atoms with Crippen molar-refractivity contribution in [2.75, 3.05) is 0 Å². The largest absolute Gasteiger partial charge is 0.315 e. The van der Waals surface area contributed by atoms with Crippen molar-refractivity contribution >= 4 is 11.8 Å². The fourth-order valence-electron chi connectivity index (χ4n) is 1.85. The summed E-state index contributed by atoms with van der Waals surface area (Å²) in [6, 6.07) is 7.36. The molecule has 0 amide bonds. The van der Waals surface area contributed by atoms with E-state index in [4.69, 9.17) is 5.26 Å². The highest BCUT2D eigenvalue weighted by molar-refractivity contribution is 7.98. The standard InChI is InChI=1S/C12H7N3OS/c13-5-7-4-9-8-2-1-3-14-10(8)6-17-12(9)15-11(7)16/h1-4H,6H2,(H,15,16). The molecule has 82 valence electrons. The van der Waals surface area contributed by atoms with Gasteiger partial charge in [0.05, 0.1) is 10.7 Å². The Labute approximate surface area is 101 Å². The number of aromatic amines is 1. The Morgan fingerprint density at radius 1 is 1.47 bits per heavy atom. The molecule has 0 spiro atoms. The second kappa shape index (κ2) is 3.75. The van der Waals surface area contributed by atoms with Crippen molar-refractivity contribution in [3.8, 4) is 17.2 Å². The van der Waals surface area contributed by atoms with Gasteiger partial charge in [0.1, 0.15) is 11.6 Å². The highest BCUT2D eigenvalue weighted by Crippen LogP contribution is 2.38. The van der Waals surface area contributed by atoms with Gasteiger partial charge >= 0.3 is 0 Å². The maximum atomic E-state index is 11.5. The molecule has 0 saturated carbocycles. The first-order valence-corrected chi connectivity index (χ1v) is 6.02. The third-order valence-corrected chi connectivity index (χ3v) is 3.69. The van der Waals surface area contributed by atoms with Crippen molar-refractivity contribution in [1.82, 2.24) is 9.97 Å². The van der Waals surface area contributed by atoms with Crippen LogP contribution in [-0.4, -0.2) is 9.97 Å². The Balaban J connectivity index is 2.32. The first-order chi connectivity index (χ1) is 8.29. The molecule has 1 N–H and O–H groups in total. The number of nitrogens with one attached hydrogen (secondary N) is 1. The number of H-pyrrole nitrogens is 1. The molecule has 0 atom stereocenters. The van der Waals surface area contributed by atoms with E-state index in [1.165, 1.54) is 11.8 Å². The van der Waals surface area contributed by atoms with Gasteiger partial charge in [0.25, 0.3) is 5.56 Å². The number of pyridine rings is 2. The molecule has 17 heavy (non-hydrogen) atoms. The Morgan fingerprint density at radius 2 is 2.35 bits per heavy atom. The zero-order valence-corrected chi connectivity index (χ0v) is 9.54. The third-order valence-electron chi connectivity index (χ3n) is 2.66. The van der Waals surface area contributed by atoms with E-state index in [0.29, 0.717) is 0 Å². The molecule has 0 aliphatic carbocycles. The number of hydrogen-bond acceptors (Lipinski definition) is 4. The summed E-state index contributed by atoms with van der Waals surface area (Å²) >= 11 is 1.54. The molecule has 3 heterocycles. The summed E-state index contributed by atoms with van der Waals surface area (Å²) in [5.41, 5.74) is 2.68. The zero-order chi connectivity index (χ0) is 11.8. The van der Waals surface area contributed by atoms with Gasteiger partial charge in [-0.2, -0.15) is 5.26 Å². The summed E-state index contributed by atoms with van der Waals surface area (Å²) in [4.78, 5) is 18.6. The molecule has 0 unspecified atom stereocenters. The Kier molecular flexibility index (Phi) is 2.23. The average molecular weight is 241 g/mol. The van der Waals surface area contributed by atoms with Gasteiger partial charge in [0.15, 0.2) is 0 Å². The van der Waals surface area contributed by atoms with E-state index in [0.717, 1.165) is 27.6 Å². The molecule has 0 bridgehead atoms. The number of nitriles is 1. The Bertz CT molecular complexity index is 700. The summed E-state index contributed by atoms with van der Waals surface area (Å²) in [6.45, 7) is 0. The van der Waals surface area contributed by atoms with Crippen molar-refractivity contribution in [2.24, 2.45) is 0 Å². The molecule has 0 fully saturated rings. The molecule has 0 aromatic carbocycles. The molecular formula is C12H7N3OS. The molecule has 5 heteroatoms. The van der Waals surface area contributed by atoms with Crippen LogP contribution < -0.4 is 5.56 Å². The summed E-state index contributed by atoms with van der Waals surface area (Å²) < 4.78 is 0. The maximum Gasteiger partial charge on any atom is 0.266 e. The van der Waals surface area contributed by atoms with Gasteiger partial charge in [-0.1, -0.05) is 6.07 Å². The van der Waals surface area contributed by atoms with E-state index in [9.17, 15) is 4.79 Å². The number of nitrogens with zero attached hydrogens (tertiary/aromatic N) is 2. The van der Waals surface area contributed by atoms with Crippen LogP contribution in [0.5, 0.6) is 0 Å². The van der Waals surface area contributed by atoms with Crippen molar-refractivity contribution in [1.29, 1.82) is 5.26 Å². The first kappa shape index (κ1) is 10.1. The fraction of sp³-hybridized carbons (Fsp3) is 0.0833. The molecule has 3 rings (SSSR count). The normalized spacial score (nSPS) is 12.4. The van der Waals surface area contributed by atoms with E-state index in [-0.39, 0.29) is 11.1 Å². The minimum absolute atomic E-state index is 0.140. The number of aromatic nitrogens is 2. The van der Waals surface area contributed by atoms with E-state index >= 15 is 0 Å². The van der Waals surface area contributed by atoms with Gasteiger partial charge < -0.3 is 4.98 Å². The molecule has 4 nitrogen and oxygen atoms in total. The Morgan fingerprint density at radius 3 is 3.18 bits per heavy atom. The lowest BCUT2D eigenvalue weighted by molar-refractivity contribution is 1.04. The molecule has 1 aliphatic heterocycles. The lowest BCUT2D eigenvalue weighted by atomic mass is 10.0. The summed E-state index contributed by atoms with van der Waals surface area (Å²) in [5.74, 6) is 0.741. The van der Waals surface area contributed by atoms with E-state index < -0.39 is 0 Å². The van der Waals surface area contributed by atoms with Gasteiger partial charge in [0.2, 0.25) is 0 Å². The van der Waals surface area contributed by atoms with Gasteiger partial charge in [-0.05, 0) is 12.1 Å². The molecule has 2 aromatic rings. The van der Waals surface area contributed by atoms with Crippen molar-refractivity contribution < 1.29 is 0 Å². The van der Waals surface area contributed by atoms with E-state index in [1.807, 2.05) is 18.2 Å². The van der Waals surface area contributed by atoms with Crippen LogP contribution in [0.4, 0.5) is 0 Å². The van der Waals surface area contributed by atoms with Crippen LogP contribution in [0.3, 0.4) is 0 Å². The quantitative estimate of drug-likeness (QED) is 0.765. The molecule has 1 aliphatic rings. The zero-order valence-electron chi connectivity index (χ0n) is 8.73. The summed E-state index contributed by atoms with van der Waals surface area (Å²) in [5, 5.41) is 9.69. The first-order valence-electron chi connectivity index (χ1n) is 5.04. The average Bonchev–Trinajstić information content (AvgIpc) is 2.37. The van der Waals surface area contributed by atoms with Crippen molar-refractivity contribution in [3.63, 3.8) is 0 Å². The van der Waals surface area contributed by atoms with Gasteiger partial charge in [-0.3, -0.25) is 9.78 Å². The minimum Gasteiger partial charge on any atom is -0.315 e. The number of hydrogen-bond donors (Lipinski definition) is 1. The highest BCUT2D eigenvalue weighted by Gasteiger charge is 2.19. The summed E-state index contributed by atoms with van der Waals surface area (Å²) in [6.07, 6.45) is 1.75.